The van der Waals surface area contributed by atoms with Crippen molar-refractivity contribution in [2.75, 3.05) is 0 Å². The second kappa shape index (κ2) is 7.46. The van der Waals surface area contributed by atoms with Gasteiger partial charge in [0.2, 0.25) is 0 Å². The molecule has 2 aromatic heterocycles. The molecular weight excluding hydrogens is 368 g/mol. The lowest BCUT2D eigenvalue weighted by atomic mass is 9.85. The fourth-order valence-corrected chi connectivity index (χ4v) is 3.39. The van der Waals surface area contributed by atoms with Gasteiger partial charge in [-0.25, -0.2) is 4.68 Å². The summed E-state index contributed by atoms with van der Waals surface area (Å²) in [4.78, 5) is 25.4. The molecule has 0 radical (unpaired) electrons. The highest BCUT2D eigenvalue weighted by Gasteiger charge is 2.25. The van der Waals surface area contributed by atoms with E-state index in [9.17, 15) is 9.59 Å². The summed E-state index contributed by atoms with van der Waals surface area (Å²) in [6, 6.07) is 8.11. The van der Waals surface area contributed by atoms with Crippen LogP contribution in [0.15, 0.2) is 33.6 Å². The quantitative estimate of drug-likeness (QED) is 0.727. The first-order valence-electron chi connectivity index (χ1n) is 9.75. The highest BCUT2D eigenvalue weighted by molar-refractivity contribution is 6.04. The fourth-order valence-electron chi connectivity index (χ4n) is 3.39. The van der Waals surface area contributed by atoms with Crippen LogP contribution in [0, 0.1) is 12.8 Å². The molecule has 7 heteroatoms. The van der Waals surface area contributed by atoms with Gasteiger partial charge in [0.25, 0.3) is 11.5 Å². The lowest BCUT2D eigenvalue weighted by molar-refractivity contribution is 0.0920. The Bertz CT molecular complexity index is 1100. The predicted molar refractivity (Wildman–Crippen MR) is 112 cm³/mol. The Kier molecular flexibility index (Phi) is 5.34. The normalized spacial score (nSPS) is 13.1. The largest absolute Gasteiger partial charge is 0.360 e. The third-order valence-corrected chi connectivity index (χ3v) is 5.15. The average molecular weight is 396 g/mol. The minimum Gasteiger partial charge on any atom is -0.360 e. The molecule has 2 heterocycles. The van der Waals surface area contributed by atoms with Gasteiger partial charge in [0, 0.05) is 7.05 Å². The van der Waals surface area contributed by atoms with Crippen LogP contribution >= 0.6 is 0 Å². The van der Waals surface area contributed by atoms with E-state index in [1.165, 1.54) is 12.6 Å². The van der Waals surface area contributed by atoms with Crippen LogP contribution in [0.5, 0.6) is 0 Å². The Balaban J connectivity index is 1.98. The molecule has 0 saturated carbocycles. The van der Waals surface area contributed by atoms with Gasteiger partial charge in [-0.1, -0.05) is 64.0 Å². The number of amides is 1. The zero-order valence-electron chi connectivity index (χ0n) is 18.0. The van der Waals surface area contributed by atoms with Gasteiger partial charge in [-0.2, -0.15) is 5.10 Å². The Morgan fingerprint density at radius 3 is 2.34 bits per heavy atom. The molecule has 29 heavy (non-hydrogen) atoms. The maximum Gasteiger partial charge on any atom is 0.296 e. The molecular formula is C22H28N4O3. The maximum absolute atomic E-state index is 13.1. The monoisotopic (exact) mass is 396 g/mol. The Morgan fingerprint density at radius 2 is 1.79 bits per heavy atom. The van der Waals surface area contributed by atoms with Crippen molar-refractivity contribution in [1.29, 1.82) is 0 Å². The van der Waals surface area contributed by atoms with Crippen LogP contribution in [0.3, 0.4) is 0 Å². The molecule has 0 aliphatic heterocycles. The zero-order valence-corrected chi connectivity index (χ0v) is 18.0. The number of hydrogen-bond donors (Lipinski definition) is 1. The van der Waals surface area contributed by atoms with Gasteiger partial charge in [-0.05, 0) is 29.4 Å². The van der Waals surface area contributed by atoms with Gasteiger partial charge >= 0.3 is 0 Å². The van der Waals surface area contributed by atoms with E-state index in [1.54, 1.807) is 6.92 Å². The maximum atomic E-state index is 13.1. The first kappa shape index (κ1) is 20.8. The molecule has 7 nitrogen and oxygen atoms in total. The smallest absolute Gasteiger partial charge is 0.296 e. The molecule has 0 saturated heterocycles. The number of hydrogen-bond acceptors (Lipinski definition) is 5. The van der Waals surface area contributed by atoms with Gasteiger partial charge in [0.15, 0.2) is 11.2 Å². The SMILES string of the molecule is Cc1onc2c(=O)n(C)nc(C(=O)NC(c3ccc(C(C)(C)C)cc3)C(C)C)c12. The van der Waals surface area contributed by atoms with E-state index in [0.29, 0.717) is 11.1 Å². The Hall–Kier alpha value is -2.96. The second-order valence-corrected chi connectivity index (χ2v) is 8.81. The standard InChI is InChI=1S/C22H28N4O3/c1-12(2)17(14-8-10-15(11-9-14)22(4,5)6)23-20(27)18-16-13(3)29-25-19(16)21(28)26(7)24-18/h8-12,17H,1-7H3,(H,23,27). The number of carbonyl (C=O) groups is 1. The number of nitrogens with one attached hydrogen (secondary N) is 1. The van der Waals surface area contributed by atoms with Crippen LogP contribution in [-0.4, -0.2) is 20.8 Å². The van der Waals surface area contributed by atoms with Crippen molar-refractivity contribution in [3.05, 3.63) is 57.2 Å². The molecule has 0 bridgehead atoms. The Labute approximate surface area is 170 Å². The molecule has 1 unspecified atom stereocenters. The summed E-state index contributed by atoms with van der Waals surface area (Å²) in [5.41, 5.74) is 2.16. The van der Waals surface area contributed by atoms with E-state index >= 15 is 0 Å². The molecule has 0 spiro atoms. The van der Waals surface area contributed by atoms with Crippen LogP contribution in [0.1, 0.15) is 68.0 Å². The summed E-state index contributed by atoms with van der Waals surface area (Å²) in [5.74, 6) is 0.188. The van der Waals surface area contributed by atoms with Crippen molar-refractivity contribution in [3.63, 3.8) is 0 Å². The number of carbonyl (C=O) groups excluding carboxylic acids is 1. The molecule has 0 fully saturated rings. The van der Waals surface area contributed by atoms with Gasteiger partial charge < -0.3 is 9.84 Å². The molecule has 1 atom stereocenters. The highest BCUT2D eigenvalue weighted by atomic mass is 16.5. The lowest BCUT2D eigenvalue weighted by Gasteiger charge is -2.25. The summed E-state index contributed by atoms with van der Waals surface area (Å²) in [6.45, 7) is 12.3. The van der Waals surface area contributed by atoms with E-state index in [4.69, 9.17) is 4.52 Å². The minimum atomic E-state index is -0.397. The van der Waals surface area contributed by atoms with Crippen molar-refractivity contribution in [3.8, 4) is 0 Å². The van der Waals surface area contributed by atoms with Gasteiger partial charge in [-0.15, -0.1) is 0 Å². The van der Waals surface area contributed by atoms with E-state index in [2.05, 4.69) is 74.5 Å². The Morgan fingerprint density at radius 1 is 1.17 bits per heavy atom. The van der Waals surface area contributed by atoms with Crippen molar-refractivity contribution >= 4 is 16.8 Å². The predicted octanol–water partition coefficient (Wildman–Crippen LogP) is 3.65. The summed E-state index contributed by atoms with van der Waals surface area (Å²) >= 11 is 0. The first-order valence-corrected chi connectivity index (χ1v) is 9.75. The molecule has 0 aliphatic carbocycles. The first-order chi connectivity index (χ1) is 13.5. The molecule has 1 aromatic carbocycles. The highest BCUT2D eigenvalue weighted by Crippen LogP contribution is 2.27. The number of rotatable bonds is 4. The molecule has 0 aliphatic rings. The number of benzene rings is 1. The van der Waals surface area contributed by atoms with Crippen LogP contribution in [-0.2, 0) is 12.5 Å². The van der Waals surface area contributed by atoms with Gasteiger partial charge in [0.05, 0.1) is 11.4 Å². The van der Waals surface area contributed by atoms with Crippen molar-refractivity contribution in [2.45, 2.75) is 53.0 Å². The molecule has 1 amide bonds. The van der Waals surface area contributed by atoms with Gasteiger partial charge in [-0.3, -0.25) is 9.59 Å². The van der Waals surface area contributed by atoms with Gasteiger partial charge in [0.1, 0.15) is 5.76 Å². The van der Waals surface area contributed by atoms with E-state index in [-0.39, 0.29) is 34.5 Å². The van der Waals surface area contributed by atoms with Crippen molar-refractivity contribution < 1.29 is 9.32 Å². The summed E-state index contributed by atoms with van der Waals surface area (Å²) < 4.78 is 6.25. The summed E-state index contributed by atoms with van der Waals surface area (Å²) in [6.07, 6.45) is 0. The van der Waals surface area contributed by atoms with Crippen molar-refractivity contribution in [1.82, 2.24) is 20.3 Å². The number of fused-ring (bicyclic) bond motifs is 1. The van der Waals surface area contributed by atoms with E-state index in [1.807, 2.05) is 0 Å². The average Bonchev–Trinajstić information content (AvgIpc) is 3.03. The minimum absolute atomic E-state index is 0.0608. The lowest BCUT2D eigenvalue weighted by Crippen LogP contribution is -2.34. The van der Waals surface area contributed by atoms with Crippen LogP contribution < -0.4 is 10.9 Å². The summed E-state index contributed by atoms with van der Waals surface area (Å²) in [5, 5.41) is 11.4. The molecule has 3 rings (SSSR count). The topological polar surface area (TPSA) is 90.0 Å². The summed E-state index contributed by atoms with van der Waals surface area (Å²) in [7, 11) is 1.49. The molecule has 1 N–H and O–H groups in total. The van der Waals surface area contributed by atoms with Crippen LogP contribution in [0.2, 0.25) is 0 Å². The number of nitrogens with zero attached hydrogens (tertiary/aromatic N) is 3. The molecule has 3 aromatic rings. The number of aryl methyl sites for hydroxylation is 2. The third-order valence-electron chi connectivity index (χ3n) is 5.15. The third kappa shape index (κ3) is 3.95. The van der Waals surface area contributed by atoms with E-state index < -0.39 is 5.56 Å². The zero-order chi connectivity index (χ0) is 21.5. The fraction of sp³-hybridized carbons (Fsp3) is 0.455. The van der Waals surface area contributed by atoms with E-state index in [0.717, 1.165) is 10.2 Å². The van der Waals surface area contributed by atoms with Crippen molar-refractivity contribution in [2.24, 2.45) is 13.0 Å². The molecule has 154 valence electrons. The van der Waals surface area contributed by atoms with Crippen LogP contribution in [0.25, 0.3) is 10.9 Å². The van der Waals surface area contributed by atoms with Crippen LogP contribution in [0.4, 0.5) is 0 Å². The number of aromatic nitrogens is 3. The second-order valence-electron chi connectivity index (χ2n) is 8.81.